The largest absolute Gasteiger partial charge is 0.354 e. The zero-order valence-electron chi connectivity index (χ0n) is 10.2. The predicted octanol–water partition coefficient (Wildman–Crippen LogP) is 3.54. The molecule has 0 bridgehead atoms. The molecule has 0 aliphatic carbocycles. The van der Waals surface area contributed by atoms with E-state index in [1.807, 2.05) is 0 Å². The van der Waals surface area contributed by atoms with E-state index in [-0.39, 0.29) is 0 Å². The molecule has 86 valence electrons. The maximum absolute atomic E-state index is 2.26. The van der Waals surface area contributed by atoms with E-state index in [9.17, 15) is 0 Å². The summed E-state index contributed by atoms with van der Waals surface area (Å²) in [6.07, 6.45) is 16.7. The fourth-order valence-electron chi connectivity index (χ4n) is 1.70. The van der Waals surface area contributed by atoms with Crippen molar-refractivity contribution < 1.29 is 0 Å². The Bertz CT molecular complexity index is 195. The lowest BCUT2D eigenvalue weighted by atomic mass is 10.1. The number of nitrogens with zero attached hydrogens (tertiary/aromatic N) is 2. The molecule has 0 fully saturated rings. The van der Waals surface area contributed by atoms with Gasteiger partial charge in [0.05, 0.1) is 0 Å². The summed E-state index contributed by atoms with van der Waals surface area (Å²) >= 11 is 0. The van der Waals surface area contributed by atoms with Crippen LogP contribution in [0, 0.1) is 0 Å². The molecule has 0 saturated carbocycles. The Morgan fingerprint density at radius 3 is 2.07 bits per heavy atom. The van der Waals surface area contributed by atoms with E-state index in [0.29, 0.717) is 0 Å². The molecule has 0 N–H and O–H groups in total. The quantitative estimate of drug-likeness (QED) is 0.590. The first-order valence-electron chi connectivity index (χ1n) is 6.17. The maximum Gasteiger partial charge on any atom is 0.0220 e. The van der Waals surface area contributed by atoms with Gasteiger partial charge in [0.15, 0.2) is 0 Å². The van der Waals surface area contributed by atoms with Crippen molar-refractivity contribution in [3.8, 4) is 0 Å². The van der Waals surface area contributed by atoms with Crippen molar-refractivity contribution in [2.75, 3.05) is 13.6 Å². The van der Waals surface area contributed by atoms with Crippen molar-refractivity contribution in [3.63, 3.8) is 0 Å². The molecule has 2 heteroatoms. The van der Waals surface area contributed by atoms with E-state index >= 15 is 0 Å². The molecule has 1 aliphatic rings. The Morgan fingerprint density at radius 1 is 0.800 bits per heavy atom. The molecule has 0 atom stereocenters. The fourth-order valence-corrected chi connectivity index (χ4v) is 1.70. The zero-order chi connectivity index (χ0) is 10.9. The number of hydrogen-bond acceptors (Lipinski definition) is 2. The SMILES string of the molecule is CCCCCCCCN1C=CN(C)C=C1. The summed E-state index contributed by atoms with van der Waals surface area (Å²) in [5.41, 5.74) is 0. The third kappa shape index (κ3) is 5.50. The van der Waals surface area contributed by atoms with Crippen molar-refractivity contribution in [1.29, 1.82) is 0 Å². The van der Waals surface area contributed by atoms with Gasteiger partial charge in [-0.25, -0.2) is 0 Å². The smallest absolute Gasteiger partial charge is 0.0220 e. The van der Waals surface area contributed by atoms with Gasteiger partial charge < -0.3 is 9.80 Å². The molecule has 15 heavy (non-hydrogen) atoms. The van der Waals surface area contributed by atoms with Gasteiger partial charge in [-0.05, 0) is 6.42 Å². The van der Waals surface area contributed by atoms with Gasteiger partial charge >= 0.3 is 0 Å². The summed E-state index contributed by atoms with van der Waals surface area (Å²) < 4.78 is 0. The first-order valence-corrected chi connectivity index (χ1v) is 6.17. The van der Waals surface area contributed by atoms with Crippen LogP contribution >= 0.6 is 0 Å². The van der Waals surface area contributed by atoms with Crippen LogP contribution in [0.2, 0.25) is 0 Å². The van der Waals surface area contributed by atoms with Crippen molar-refractivity contribution in [3.05, 3.63) is 24.8 Å². The molecule has 0 aromatic heterocycles. The van der Waals surface area contributed by atoms with Crippen molar-refractivity contribution in [1.82, 2.24) is 9.80 Å². The lowest BCUT2D eigenvalue weighted by Crippen LogP contribution is -2.18. The van der Waals surface area contributed by atoms with Crippen LogP contribution in [0.4, 0.5) is 0 Å². The lowest BCUT2D eigenvalue weighted by molar-refractivity contribution is 0.432. The summed E-state index contributed by atoms with van der Waals surface area (Å²) in [5, 5.41) is 0. The molecule has 1 heterocycles. The minimum absolute atomic E-state index is 1.16. The Kier molecular flexibility index (Phi) is 5.98. The summed E-state index contributed by atoms with van der Waals surface area (Å²) in [7, 11) is 2.05. The summed E-state index contributed by atoms with van der Waals surface area (Å²) in [6.45, 7) is 3.42. The molecule has 0 radical (unpaired) electrons. The molecule has 0 amide bonds. The average Bonchev–Trinajstić information content (AvgIpc) is 2.26. The average molecular weight is 208 g/mol. The van der Waals surface area contributed by atoms with E-state index < -0.39 is 0 Å². The van der Waals surface area contributed by atoms with Gasteiger partial charge in [0.2, 0.25) is 0 Å². The highest BCUT2D eigenvalue weighted by Crippen LogP contribution is 2.08. The minimum Gasteiger partial charge on any atom is -0.354 e. The molecule has 0 saturated heterocycles. The summed E-state index contributed by atoms with van der Waals surface area (Å²) in [6, 6.07) is 0. The third-order valence-corrected chi connectivity index (χ3v) is 2.76. The zero-order valence-corrected chi connectivity index (χ0v) is 10.2. The van der Waals surface area contributed by atoms with Crippen LogP contribution < -0.4 is 0 Å². The first kappa shape index (κ1) is 12.2. The van der Waals surface area contributed by atoms with Gasteiger partial charge in [0.1, 0.15) is 0 Å². The van der Waals surface area contributed by atoms with Crippen LogP contribution in [0.3, 0.4) is 0 Å². The normalized spacial score (nSPS) is 15.1. The first-order chi connectivity index (χ1) is 7.33. The van der Waals surface area contributed by atoms with E-state index in [1.54, 1.807) is 0 Å². The second-order valence-electron chi connectivity index (χ2n) is 4.27. The van der Waals surface area contributed by atoms with Gasteiger partial charge in [-0.15, -0.1) is 0 Å². The fraction of sp³-hybridized carbons (Fsp3) is 0.692. The summed E-state index contributed by atoms with van der Waals surface area (Å²) in [5.74, 6) is 0. The van der Waals surface area contributed by atoms with Gasteiger partial charge in [-0.1, -0.05) is 39.0 Å². The second kappa shape index (κ2) is 7.38. The van der Waals surface area contributed by atoms with Crippen LogP contribution in [0.1, 0.15) is 45.4 Å². The molecule has 2 nitrogen and oxygen atoms in total. The second-order valence-corrected chi connectivity index (χ2v) is 4.27. The van der Waals surface area contributed by atoms with E-state index in [0.717, 1.165) is 6.54 Å². The highest BCUT2D eigenvalue weighted by atomic mass is 15.2. The highest BCUT2D eigenvalue weighted by Gasteiger charge is 1.99. The molecule has 0 unspecified atom stereocenters. The third-order valence-electron chi connectivity index (χ3n) is 2.76. The number of unbranched alkanes of at least 4 members (excludes halogenated alkanes) is 5. The van der Waals surface area contributed by atoms with Crippen LogP contribution in [0.15, 0.2) is 24.8 Å². The molecule has 0 spiro atoms. The van der Waals surface area contributed by atoms with Crippen molar-refractivity contribution in [2.45, 2.75) is 45.4 Å². The molecule has 1 rings (SSSR count). The Balaban J connectivity index is 1.96. The molecule has 1 aliphatic heterocycles. The van der Waals surface area contributed by atoms with E-state index in [4.69, 9.17) is 0 Å². The van der Waals surface area contributed by atoms with Crippen molar-refractivity contribution >= 4 is 0 Å². The number of hydrogen-bond donors (Lipinski definition) is 0. The van der Waals surface area contributed by atoms with E-state index in [2.05, 4.69) is 48.6 Å². The van der Waals surface area contributed by atoms with Gasteiger partial charge in [0.25, 0.3) is 0 Å². The van der Waals surface area contributed by atoms with E-state index in [1.165, 1.54) is 38.5 Å². The maximum atomic E-state index is 2.26. The Hall–Kier alpha value is -0.920. The highest BCUT2D eigenvalue weighted by molar-refractivity contribution is 4.99. The monoisotopic (exact) mass is 208 g/mol. The Labute approximate surface area is 94.3 Å². The molecule has 0 aromatic carbocycles. The van der Waals surface area contributed by atoms with Crippen LogP contribution in [-0.4, -0.2) is 23.4 Å². The van der Waals surface area contributed by atoms with Gasteiger partial charge in [0, 0.05) is 38.4 Å². The molecule has 0 aromatic rings. The lowest BCUT2D eigenvalue weighted by Gasteiger charge is -2.21. The number of rotatable bonds is 7. The topological polar surface area (TPSA) is 6.48 Å². The minimum atomic E-state index is 1.16. The van der Waals surface area contributed by atoms with Gasteiger partial charge in [-0.3, -0.25) is 0 Å². The van der Waals surface area contributed by atoms with Crippen LogP contribution in [0.5, 0.6) is 0 Å². The standard InChI is InChI=1S/C13H24N2/c1-3-4-5-6-7-8-9-15-12-10-14(2)11-13-15/h10-13H,3-9H2,1-2H3. The predicted molar refractivity (Wildman–Crippen MR) is 66.1 cm³/mol. The van der Waals surface area contributed by atoms with Crippen LogP contribution in [-0.2, 0) is 0 Å². The summed E-state index contributed by atoms with van der Waals surface area (Å²) in [4.78, 5) is 4.33. The van der Waals surface area contributed by atoms with Crippen LogP contribution in [0.25, 0.3) is 0 Å². The van der Waals surface area contributed by atoms with Crippen molar-refractivity contribution in [2.24, 2.45) is 0 Å². The molecular weight excluding hydrogens is 184 g/mol. The van der Waals surface area contributed by atoms with Gasteiger partial charge in [-0.2, -0.15) is 0 Å². The molecular formula is C13H24N2. The Morgan fingerprint density at radius 2 is 1.40 bits per heavy atom.